The Morgan fingerprint density at radius 2 is 1.85 bits per heavy atom. The fraction of sp³-hybridized carbons (Fsp3) is 0.278. The fourth-order valence-electron chi connectivity index (χ4n) is 2.65. The van der Waals surface area contributed by atoms with Gasteiger partial charge in [-0.05, 0) is 24.3 Å². The number of nitrogens with one attached hydrogen (secondary N) is 1. The molecule has 0 radical (unpaired) electrons. The van der Waals surface area contributed by atoms with Crippen LogP contribution >= 0.6 is 0 Å². The molecule has 0 saturated carbocycles. The lowest BCUT2D eigenvalue weighted by Crippen LogP contribution is -2.33. The lowest BCUT2D eigenvalue weighted by atomic mass is 10.2. The summed E-state index contributed by atoms with van der Waals surface area (Å²) in [6.45, 7) is 0.706. The van der Waals surface area contributed by atoms with Crippen LogP contribution in [-0.2, 0) is 14.8 Å². The number of amides is 1. The Kier molecular flexibility index (Phi) is 5.50. The van der Waals surface area contributed by atoms with Gasteiger partial charge in [-0.1, -0.05) is 12.1 Å². The van der Waals surface area contributed by atoms with Gasteiger partial charge >= 0.3 is 0 Å². The minimum atomic E-state index is -3.64. The van der Waals surface area contributed by atoms with Gasteiger partial charge in [-0.3, -0.25) is 9.10 Å². The van der Waals surface area contributed by atoms with E-state index in [0.29, 0.717) is 30.4 Å². The predicted molar refractivity (Wildman–Crippen MR) is 99.3 cm³/mol. The minimum absolute atomic E-state index is 0.0488. The molecule has 27 heavy (non-hydrogen) atoms. The summed E-state index contributed by atoms with van der Waals surface area (Å²) in [4.78, 5) is 12.1. The van der Waals surface area contributed by atoms with E-state index in [2.05, 4.69) is 5.32 Å². The Labute approximate surface area is 156 Å². The van der Waals surface area contributed by atoms with Crippen LogP contribution in [0.15, 0.2) is 42.5 Å². The van der Waals surface area contributed by atoms with Gasteiger partial charge in [0.2, 0.25) is 15.9 Å². The fourth-order valence-corrected chi connectivity index (χ4v) is 3.57. The summed E-state index contributed by atoms with van der Waals surface area (Å²) in [6, 6.07) is 10.5. The van der Waals surface area contributed by atoms with Crippen LogP contribution in [0.4, 0.5) is 15.8 Å². The van der Waals surface area contributed by atoms with Crippen LogP contribution in [-0.4, -0.2) is 40.3 Å². The van der Waals surface area contributed by atoms with E-state index < -0.39 is 21.7 Å². The van der Waals surface area contributed by atoms with Crippen molar-refractivity contribution >= 4 is 27.3 Å². The summed E-state index contributed by atoms with van der Waals surface area (Å²) in [5.41, 5.74) is 0.410. The molecule has 0 aromatic heterocycles. The molecule has 7 nitrogen and oxygen atoms in total. The number of sulfonamides is 1. The van der Waals surface area contributed by atoms with Gasteiger partial charge in [0.15, 0.2) is 11.5 Å². The molecule has 144 valence electrons. The number of hydrogen-bond donors (Lipinski definition) is 1. The maximum atomic E-state index is 13.6. The van der Waals surface area contributed by atoms with Gasteiger partial charge in [-0.25, -0.2) is 12.8 Å². The van der Waals surface area contributed by atoms with E-state index in [9.17, 15) is 17.6 Å². The van der Waals surface area contributed by atoms with Crippen LogP contribution in [0.5, 0.6) is 11.5 Å². The summed E-state index contributed by atoms with van der Waals surface area (Å²) in [5.74, 6) is -0.0668. The van der Waals surface area contributed by atoms with Crippen LogP contribution in [0.2, 0.25) is 0 Å². The Hall–Kier alpha value is -2.81. The molecule has 0 spiro atoms. The standard InChI is InChI=1S/C18H19FN2O5S/c1-27(23,24)21(13-6-7-16-17(12-13)26-11-10-25-16)9-8-18(22)20-15-5-3-2-4-14(15)19/h2-7,12H,8-11H2,1H3,(H,20,22). The van der Waals surface area contributed by atoms with Crippen molar-refractivity contribution in [3.05, 3.63) is 48.3 Å². The molecule has 2 aromatic carbocycles. The predicted octanol–water partition coefficient (Wildman–Crippen LogP) is 2.39. The number of hydrogen-bond acceptors (Lipinski definition) is 5. The highest BCUT2D eigenvalue weighted by molar-refractivity contribution is 7.92. The van der Waals surface area contributed by atoms with Gasteiger partial charge < -0.3 is 14.8 Å². The highest BCUT2D eigenvalue weighted by Crippen LogP contribution is 2.34. The molecule has 1 N–H and O–H groups in total. The third-order valence-electron chi connectivity index (χ3n) is 3.90. The maximum absolute atomic E-state index is 13.6. The van der Waals surface area contributed by atoms with Gasteiger partial charge in [-0.2, -0.15) is 0 Å². The largest absolute Gasteiger partial charge is 0.486 e. The number of para-hydroxylation sites is 1. The Morgan fingerprint density at radius 1 is 1.15 bits per heavy atom. The van der Waals surface area contributed by atoms with Crippen molar-refractivity contribution in [3.8, 4) is 11.5 Å². The molecule has 0 fully saturated rings. The average molecular weight is 394 g/mol. The number of fused-ring (bicyclic) bond motifs is 1. The third kappa shape index (κ3) is 4.68. The van der Waals surface area contributed by atoms with Crippen LogP contribution in [0, 0.1) is 5.82 Å². The quantitative estimate of drug-likeness (QED) is 0.813. The highest BCUT2D eigenvalue weighted by Gasteiger charge is 2.22. The lowest BCUT2D eigenvalue weighted by molar-refractivity contribution is -0.116. The molecule has 0 atom stereocenters. The zero-order chi connectivity index (χ0) is 19.4. The molecule has 9 heteroatoms. The highest BCUT2D eigenvalue weighted by atomic mass is 32.2. The van der Waals surface area contributed by atoms with Crippen molar-refractivity contribution in [2.24, 2.45) is 0 Å². The van der Waals surface area contributed by atoms with Gasteiger partial charge in [0.1, 0.15) is 19.0 Å². The topological polar surface area (TPSA) is 84.9 Å². The van der Waals surface area contributed by atoms with E-state index in [4.69, 9.17) is 9.47 Å². The SMILES string of the molecule is CS(=O)(=O)N(CCC(=O)Nc1ccccc1F)c1ccc2c(c1)OCCO2. The summed E-state index contributed by atoms with van der Waals surface area (Å²) in [5, 5.41) is 2.44. The molecule has 2 aromatic rings. The lowest BCUT2D eigenvalue weighted by Gasteiger charge is -2.25. The molecule has 1 amide bonds. The van der Waals surface area contributed by atoms with Gasteiger partial charge in [0.25, 0.3) is 0 Å². The average Bonchev–Trinajstić information content (AvgIpc) is 2.62. The number of halogens is 1. The summed E-state index contributed by atoms with van der Waals surface area (Å²) in [6.07, 6.45) is 0.911. The monoisotopic (exact) mass is 394 g/mol. The van der Waals surface area contributed by atoms with Crippen LogP contribution in [0.1, 0.15) is 6.42 Å². The molecule has 0 bridgehead atoms. The first-order valence-corrected chi connectivity index (χ1v) is 10.1. The molecular weight excluding hydrogens is 375 g/mol. The molecule has 1 aliphatic heterocycles. The third-order valence-corrected chi connectivity index (χ3v) is 5.10. The van der Waals surface area contributed by atoms with Crippen molar-refractivity contribution in [1.29, 1.82) is 0 Å². The molecule has 3 rings (SSSR count). The van der Waals surface area contributed by atoms with E-state index in [0.717, 1.165) is 10.6 Å². The van der Waals surface area contributed by atoms with Crippen molar-refractivity contribution in [3.63, 3.8) is 0 Å². The molecule has 0 aliphatic carbocycles. The Morgan fingerprint density at radius 3 is 2.56 bits per heavy atom. The first-order valence-electron chi connectivity index (χ1n) is 8.26. The second-order valence-corrected chi connectivity index (χ2v) is 7.85. The van der Waals surface area contributed by atoms with Gasteiger partial charge in [0.05, 0.1) is 17.6 Å². The second-order valence-electron chi connectivity index (χ2n) is 5.94. The number of carbonyl (C=O) groups is 1. The van der Waals surface area contributed by atoms with Crippen molar-refractivity contribution in [2.75, 3.05) is 35.6 Å². The molecule has 0 unspecified atom stereocenters. The Balaban J connectivity index is 1.73. The molecule has 1 heterocycles. The number of carbonyl (C=O) groups excluding carboxylic acids is 1. The first kappa shape index (κ1) is 19.0. The van der Waals surface area contributed by atoms with E-state index in [1.54, 1.807) is 24.3 Å². The smallest absolute Gasteiger partial charge is 0.232 e. The zero-order valence-corrected chi connectivity index (χ0v) is 15.5. The van der Waals surface area contributed by atoms with E-state index in [1.165, 1.54) is 18.2 Å². The summed E-state index contributed by atoms with van der Waals surface area (Å²) >= 11 is 0. The maximum Gasteiger partial charge on any atom is 0.232 e. The van der Waals surface area contributed by atoms with E-state index in [-0.39, 0.29) is 18.7 Å². The molecular formula is C18H19FN2O5S. The van der Waals surface area contributed by atoms with Gasteiger partial charge in [0, 0.05) is 19.0 Å². The summed E-state index contributed by atoms with van der Waals surface area (Å²) in [7, 11) is -3.64. The first-order chi connectivity index (χ1) is 12.8. The van der Waals surface area contributed by atoms with E-state index in [1.807, 2.05) is 0 Å². The molecule has 0 saturated heterocycles. The number of nitrogens with zero attached hydrogens (tertiary/aromatic N) is 1. The number of benzene rings is 2. The summed E-state index contributed by atoms with van der Waals surface area (Å²) < 4.78 is 50.0. The van der Waals surface area contributed by atoms with Gasteiger partial charge in [-0.15, -0.1) is 0 Å². The van der Waals surface area contributed by atoms with Crippen LogP contribution in [0.25, 0.3) is 0 Å². The van der Waals surface area contributed by atoms with Crippen molar-refractivity contribution in [1.82, 2.24) is 0 Å². The molecule has 1 aliphatic rings. The van der Waals surface area contributed by atoms with E-state index >= 15 is 0 Å². The number of ether oxygens (including phenoxy) is 2. The number of anilines is 2. The van der Waals surface area contributed by atoms with Crippen LogP contribution < -0.4 is 19.1 Å². The van der Waals surface area contributed by atoms with Crippen LogP contribution in [0.3, 0.4) is 0 Å². The second kappa shape index (κ2) is 7.83. The zero-order valence-electron chi connectivity index (χ0n) is 14.6. The van der Waals surface area contributed by atoms with Crippen molar-refractivity contribution in [2.45, 2.75) is 6.42 Å². The van der Waals surface area contributed by atoms with Crippen molar-refractivity contribution < 1.29 is 27.1 Å². The Bertz CT molecular complexity index is 949. The minimum Gasteiger partial charge on any atom is -0.486 e. The normalized spacial score (nSPS) is 13.1. The number of rotatable bonds is 6.